The van der Waals surface area contributed by atoms with Crippen LogP contribution in [0.15, 0.2) is 201 Å². The normalized spacial score (nSPS) is 13.4. The van der Waals surface area contributed by atoms with E-state index in [1.54, 1.807) is 5.57 Å². The number of allylic oxidation sites excluding steroid dienone is 7. The Morgan fingerprint density at radius 2 is 0.878 bits per heavy atom. The van der Waals surface area contributed by atoms with Gasteiger partial charge >= 0.3 is 0 Å². The molecule has 8 aromatic rings. The van der Waals surface area contributed by atoms with Gasteiger partial charge in [-0.1, -0.05) is 297 Å². The number of hydrogen-bond acceptors (Lipinski definition) is 0. The van der Waals surface area contributed by atoms with E-state index in [1.807, 2.05) is 41.5 Å². The maximum atomic E-state index is 4.38. The fourth-order valence-corrected chi connectivity index (χ4v) is 10.8. The number of hydrogen-bond donors (Lipinski definition) is 0. The second-order valence-corrected chi connectivity index (χ2v) is 20.2. The van der Waals surface area contributed by atoms with Gasteiger partial charge in [-0.15, -0.1) is 0 Å². The van der Waals surface area contributed by atoms with Crippen molar-refractivity contribution in [3.05, 3.63) is 240 Å². The zero-order valence-electron chi connectivity index (χ0n) is 46.9. The van der Waals surface area contributed by atoms with Crippen molar-refractivity contribution in [3.63, 3.8) is 0 Å². The van der Waals surface area contributed by atoms with Gasteiger partial charge in [0, 0.05) is 10.8 Å². The van der Waals surface area contributed by atoms with Crippen molar-refractivity contribution in [2.24, 2.45) is 5.92 Å². The van der Waals surface area contributed by atoms with Crippen LogP contribution in [0.3, 0.4) is 0 Å². The molecule has 8 aromatic carbocycles. The maximum Gasteiger partial charge on any atom is 0.0159 e. The molecule has 0 N–H and O–H groups in total. The Balaban J connectivity index is 0.000000204. The van der Waals surface area contributed by atoms with Crippen molar-refractivity contribution >= 4 is 43.8 Å². The molecule has 3 aliphatic carbocycles. The molecule has 382 valence electrons. The third kappa shape index (κ3) is 11.4. The first-order chi connectivity index (χ1) is 35.2. The molecule has 74 heavy (non-hydrogen) atoms. The minimum Gasteiger partial charge on any atom is -0.0955 e. The summed E-state index contributed by atoms with van der Waals surface area (Å²) in [6.07, 6.45) is 7.00. The third-order valence-corrected chi connectivity index (χ3v) is 14.7. The quantitative estimate of drug-likeness (QED) is 0.146. The summed E-state index contributed by atoms with van der Waals surface area (Å²) in [4.78, 5) is 0. The summed E-state index contributed by atoms with van der Waals surface area (Å²) in [5.41, 5.74) is 24.1. The van der Waals surface area contributed by atoms with Crippen molar-refractivity contribution in [1.82, 2.24) is 0 Å². The molecule has 0 bridgehead atoms. The van der Waals surface area contributed by atoms with Crippen molar-refractivity contribution in [3.8, 4) is 33.4 Å². The number of fused-ring (bicyclic) bond motifs is 7. The topological polar surface area (TPSA) is 0 Å². The van der Waals surface area contributed by atoms with Gasteiger partial charge in [-0.3, -0.25) is 0 Å². The molecule has 0 amide bonds. The Morgan fingerprint density at radius 1 is 0.446 bits per heavy atom. The molecule has 0 radical (unpaired) electrons. The summed E-state index contributed by atoms with van der Waals surface area (Å²) in [7, 11) is 0. The van der Waals surface area contributed by atoms with Gasteiger partial charge in [0.25, 0.3) is 0 Å². The van der Waals surface area contributed by atoms with Crippen LogP contribution in [-0.2, 0) is 10.8 Å². The van der Waals surface area contributed by atoms with E-state index in [1.165, 1.54) is 118 Å². The predicted molar refractivity (Wildman–Crippen MR) is 335 cm³/mol. The Bertz CT molecular complexity index is 3300. The average Bonchev–Trinajstić information content (AvgIpc) is 3.81. The van der Waals surface area contributed by atoms with E-state index < -0.39 is 0 Å². The van der Waals surface area contributed by atoms with E-state index in [0.717, 1.165) is 11.1 Å². The molecular weight excluding hydrogens is 889 g/mol. The predicted octanol–water partition coefficient (Wildman–Crippen LogP) is 22.9. The average molecular weight is 976 g/mol. The fourth-order valence-electron chi connectivity index (χ4n) is 10.8. The summed E-state index contributed by atoms with van der Waals surface area (Å²) in [6, 6.07) is 59.4. The third-order valence-electron chi connectivity index (χ3n) is 14.7. The highest BCUT2D eigenvalue weighted by molar-refractivity contribution is 6.21. The molecule has 0 saturated carbocycles. The van der Waals surface area contributed by atoms with Crippen LogP contribution in [0.25, 0.3) is 77.2 Å². The van der Waals surface area contributed by atoms with Crippen molar-refractivity contribution in [2.75, 3.05) is 0 Å². The molecule has 0 aromatic heterocycles. The van der Waals surface area contributed by atoms with Gasteiger partial charge in [0.15, 0.2) is 0 Å². The van der Waals surface area contributed by atoms with Gasteiger partial charge in [0.2, 0.25) is 0 Å². The Hall–Kier alpha value is -7.02. The van der Waals surface area contributed by atoms with E-state index in [2.05, 4.69) is 251 Å². The summed E-state index contributed by atoms with van der Waals surface area (Å²) < 4.78 is 0. The van der Waals surface area contributed by atoms with Crippen LogP contribution in [0, 0.1) is 5.92 Å². The molecule has 0 fully saturated rings. The molecule has 0 heterocycles. The first-order valence-corrected chi connectivity index (χ1v) is 27.1. The van der Waals surface area contributed by atoms with E-state index in [9.17, 15) is 0 Å². The summed E-state index contributed by atoms with van der Waals surface area (Å²) in [5.74, 6) is 0.409. The highest BCUT2D eigenvalue weighted by Gasteiger charge is 2.37. The largest absolute Gasteiger partial charge is 0.0955 e. The SMILES string of the molecule is C.C=C(C)c1ccc2c(c1)C(C)(C)C1=C2C=CCC1.C=C(C)c1ccc2c(c1)C(C)(C)c1ccccc1-2.C=C(c1ccc2c(-c3ccccc3)c3ccccc3c(-c3ccccc3)c2c1)C(C)C.CC.CC.CC. The van der Waals surface area contributed by atoms with Crippen LogP contribution in [0.2, 0.25) is 0 Å². The first kappa shape index (κ1) is 57.9. The van der Waals surface area contributed by atoms with Gasteiger partial charge in [0.1, 0.15) is 0 Å². The van der Waals surface area contributed by atoms with Crippen LogP contribution < -0.4 is 0 Å². The van der Waals surface area contributed by atoms with Gasteiger partial charge in [-0.05, 0) is 144 Å². The lowest BCUT2D eigenvalue weighted by Gasteiger charge is -2.26. The zero-order valence-corrected chi connectivity index (χ0v) is 46.9. The van der Waals surface area contributed by atoms with Gasteiger partial charge < -0.3 is 0 Å². The molecule has 0 unspecified atom stereocenters. The molecule has 0 aliphatic heterocycles. The number of benzene rings is 8. The first-order valence-electron chi connectivity index (χ1n) is 27.1. The monoisotopic (exact) mass is 975 g/mol. The molecule has 0 saturated heterocycles. The molecule has 3 aliphatic rings. The molecule has 0 atom stereocenters. The van der Waals surface area contributed by atoms with Crippen molar-refractivity contribution in [1.29, 1.82) is 0 Å². The lowest BCUT2D eigenvalue weighted by molar-refractivity contribution is 0.607. The summed E-state index contributed by atoms with van der Waals surface area (Å²) in [5, 5.41) is 5.13. The second-order valence-electron chi connectivity index (χ2n) is 20.2. The lowest BCUT2D eigenvalue weighted by Crippen LogP contribution is -2.17. The van der Waals surface area contributed by atoms with Crippen LogP contribution in [0.5, 0.6) is 0 Å². The van der Waals surface area contributed by atoms with Gasteiger partial charge in [-0.25, -0.2) is 0 Å². The van der Waals surface area contributed by atoms with Crippen molar-refractivity contribution in [2.45, 2.75) is 128 Å². The standard InChI is InChI=1S/C31H26.C18H20.C18H18.3C2H6.CH4/c1-21(2)22(3)25-18-19-28-29(20-25)31(24-14-8-5-9-15-24)27-17-11-10-16-26(27)30(28)23-12-6-4-7-13-23;2*1-12(2)13-9-10-15-14-7-5-6-8-16(14)18(3,4)17(15)11-13;3*1-2;/h4-21H,3H2,1-2H3;5,7,9-11H,1,6,8H2,2-4H3;5-11H,1H2,2-4H3;3*1-2H3;1H4. The van der Waals surface area contributed by atoms with E-state index in [4.69, 9.17) is 0 Å². The Kier molecular flexibility index (Phi) is 19.8. The van der Waals surface area contributed by atoms with E-state index in [-0.39, 0.29) is 18.3 Å². The smallest absolute Gasteiger partial charge is 0.0159 e. The minimum absolute atomic E-state index is 0. The minimum atomic E-state index is 0. The zero-order chi connectivity index (χ0) is 53.2. The molecular formula is C74H86. The summed E-state index contributed by atoms with van der Waals surface area (Å²) >= 11 is 0. The van der Waals surface area contributed by atoms with Crippen LogP contribution in [0.1, 0.15) is 156 Å². The van der Waals surface area contributed by atoms with Gasteiger partial charge in [-0.2, -0.15) is 0 Å². The van der Waals surface area contributed by atoms with E-state index in [0.29, 0.717) is 5.92 Å². The molecule has 0 heteroatoms. The van der Waals surface area contributed by atoms with E-state index >= 15 is 0 Å². The Morgan fingerprint density at radius 3 is 1.41 bits per heavy atom. The van der Waals surface area contributed by atoms with Gasteiger partial charge in [0.05, 0.1) is 0 Å². The fraction of sp³-hybridized carbons (Fsp3) is 0.270. The number of rotatable bonds is 6. The highest BCUT2D eigenvalue weighted by atomic mass is 14.4. The highest BCUT2D eigenvalue weighted by Crippen LogP contribution is 2.51. The maximum absolute atomic E-state index is 4.38. The van der Waals surface area contributed by atoms with Crippen LogP contribution in [0.4, 0.5) is 0 Å². The Labute approximate surface area is 449 Å². The lowest BCUT2D eigenvalue weighted by atomic mass is 9.78. The summed E-state index contributed by atoms with van der Waals surface area (Å²) in [6.45, 7) is 42.4. The molecule has 0 spiro atoms. The second kappa shape index (κ2) is 25.3. The van der Waals surface area contributed by atoms with Crippen molar-refractivity contribution < 1.29 is 0 Å². The molecule has 11 rings (SSSR count). The molecule has 0 nitrogen and oxygen atoms in total. The van der Waals surface area contributed by atoms with Crippen LogP contribution in [-0.4, -0.2) is 0 Å². The van der Waals surface area contributed by atoms with Crippen LogP contribution >= 0.6 is 0 Å².